The molecule has 0 spiro atoms. The molecule has 1 aliphatic heterocycles. The number of hydrogen-bond donors (Lipinski definition) is 0. The molecule has 0 aromatic rings. The summed E-state index contributed by atoms with van der Waals surface area (Å²) in [5.41, 5.74) is 0. The summed E-state index contributed by atoms with van der Waals surface area (Å²) in [6.45, 7) is 0.690. The number of carbonyl (C=O) groups excluding carboxylic acids is 1. The van der Waals surface area contributed by atoms with E-state index in [4.69, 9.17) is 4.74 Å². The van der Waals surface area contributed by atoms with Gasteiger partial charge in [0.1, 0.15) is 0 Å². The molecule has 1 heterocycles. The van der Waals surface area contributed by atoms with Crippen LogP contribution in [-0.4, -0.2) is 12.6 Å². The Bertz CT molecular complexity index is 142. The number of cyclic esters (lactones) is 1. The first kappa shape index (κ1) is 5.27. The molecule has 2 aliphatic rings. The van der Waals surface area contributed by atoms with Crippen LogP contribution >= 0.6 is 0 Å². The maximum atomic E-state index is 10.8. The van der Waals surface area contributed by atoms with Crippen LogP contribution in [0, 0.1) is 11.8 Å². The van der Waals surface area contributed by atoms with Crippen LogP contribution in [0.5, 0.6) is 0 Å². The topological polar surface area (TPSA) is 26.3 Å². The predicted octanol–water partition coefficient (Wildman–Crippen LogP) is 0.960. The first-order chi connectivity index (χ1) is 4.36. The monoisotopic (exact) mass is 126 g/mol. The molecule has 0 aromatic carbocycles. The Labute approximate surface area is 54.2 Å². The number of carbonyl (C=O) groups is 1. The molecule has 2 fully saturated rings. The molecule has 2 rings (SSSR count). The van der Waals surface area contributed by atoms with E-state index in [1.54, 1.807) is 0 Å². The van der Waals surface area contributed by atoms with Crippen LogP contribution in [0.25, 0.3) is 0 Å². The molecule has 2 atom stereocenters. The predicted molar refractivity (Wildman–Crippen MR) is 31.8 cm³/mol. The van der Waals surface area contributed by atoms with E-state index in [2.05, 4.69) is 0 Å². The molecule has 2 nitrogen and oxygen atoms in total. The lowest BCUT2D eigenvalue weighted by Gasteiger charge is -2.17. The van der Waals surface area contributed by atoms with E-state index in [0.717, 1.165) is 12.8 Å². The van der Waals surface area contributed by atoms with Gasteiger partial charge in [0.05, 0.1) is 12.5 Å². The third kappa shape index (κ3) is 0.732. The second-order valence-electron chi connectivity index (χ2n) is 3.01. The van der Waals surface area contributed by atoms with Gasteiger partial charge in [0, 0.05) is 0 Å². The lowest BCUT2D eigenvalue weighted by molar-refractivity contribution is -0.152. The van der Waals surface area contributed by atoms with Crippen LogP contribution < -0.4 is 0 Å². The summed E-state index contributed by atoms with van der Waals surface area (Å²) >= 11 is 0. The van der Waals surface area contributed by atoms with Gasteiger partial charge in [-0.1, -0.05) is 0 Å². The Morgan fingerprint density at radius 1 is 1.44 bits per heavy atom. The lowest BCUT2D eigenvalue weighted by atomic mass is 10.0. The molecule has 2 bridgehead atoms. The third-order valence-corrected chi connectivity index (χ3v) is 2.34. The largest absolute Gasteiger partial charge is 0.465 e. The van der Waals surface area contributed by atoms with E-state index >= 15 is 0 Å². The Morgan fingerprint density at radius 2 is 2.33 bits per heavy atom. The molecule has 50 valence electrons. The highest BCUT2D eigenvalue weighted by Gasteiger charge is 2.35. The SMILES string of the molecule is O=C1OC[C@H]2CC[C@@H]1C2. The smallest absolute Gasteiger partial charge is 0.308 e. The molecular weight excluding hydrogens is 116 g/mol. The van der Waals surface area contributed by atoms with Crippen molar-refractivity contribution in [3.8, 4) is 0 Å². The summed E-state index contributed by atoms with van der Waals surface area (Å²) in [7, 11) is 0. The minimum atomic E-state index is 0.0451. The summed E-state index contributed by atoms with van der Waals surface area (Å²) in [4.78, 5) is 10.8. The molecule has 1 saturated heterocycles. The van der Waals surface area contributed by atoms with Crippen LogP contribution in [-0.2, 0) is 9.53 Å². The third-order valence-electron chi connectivity index (χ3n) is 2.34. The maximum absolute atomic E-state index is 10.8. The van der Waals surface area contributed by atoms with Gasteiger partial charge in [0.15, 0.2) is 0 Å². The molecule has 0 aromatic heterocycles. The normalized spacial score (nSPS) is 40.7. The van der Waals surface area contributed by atoms with Crippen LogP contribution in [0.15, 0.2) is 0 Å². The van der Waals surface area contributed by atoms with Crippen LogP contribution in [0.2, 0.25) is 0 Å². The number of rotatable bonds is 0. The van der Waals surface area contributed by atoms with Gasteiger partial charge in [-0.25, -0.2) is 0 Å². The van der Waals surface area contributed by atoms with Crippen LogP contribution in [0.4, 0.5) is 0 Å². The van der Waals surface area contributed by atoms with Gasteiger partial charge >= 0.3 is 5.97 Å². The minimum Gasteiger partial charge on any atom is -0.465 e. The van der Waals surface area contributed by atoms with Crippen molar-refractivity contribution in [2.45, 2.75) is 19.3 Å². The van der Waals surface area contributed by atoms with Crippen molar-refractivity contribution in [2.75, 3.05) is 6.61 Å². The first-order valence-electron chi connectivity index (χ1n) is 3.53. The van der Waals surface area contributed by atoms with E-state index in [1.807, 2.05) is 0 Å². The second kappa shape index (κ2) is 1.72. The molecule has 1 aliphatic carbocycles. The zero-order valence-corrected chi connectivity index (χ0v) is 5.30. The number of fused-ring (bicyclic) bond motifs is 2. The molecular formula is C7H10O2. The molecule has 1 saturated carbocycles. The highest BCUT2D eigenvalue weighted by molar-refractivity contribution is 5.73. The molecule has 0 N–H and O–H groups in total. The lowest BCUT2D eigenvalue weighted by Crippen LogP contribution is -2.23. The van der Waals surface area contributed by atoms with Crippen molar-refractivity contribution >= 4 is 5.97 Å². The van der Waals surface area contributed by atoms with E-state index < -0.39 is 0 Å². The quantitative estimate of drug-likeness (QED) is 0.452. The molecule has 0 radical (unpaired) electrons. The average Bonchev–Trinajstić information content (AvgIpc) is 2.25. The van der Waals surface area contributed by atoms with E-state index in [1.165, 1.54) is 6.42 Å². The van der Waals surface area contributed by atoms with Gasteiger partial charge in [0.2, 0.25) is 0 Å². The number of esters is 1. The fourth-order valence-corrected chi connectivity index (χ4v) is 1.76. The minimum absolute atomic E-state index is 0.0451. The van der Waals surface area contributed by atoms with Crippen molar-refractivity contribution in [1.29, 1.82) is 0 Å². The van der Waals surface area contributed by atoms with Crippen molar-refractivity contribution in [2.24, 2.45) is 11.8 Å². The molecule has 9 heavy (non-hydrogen) atoms. The highest BCUT2D eigenvalue weighted by Crippen LogP contribution is 2.35. The van der Waals surface area contributed by atoms with Gasteiger partial charge in [-0.2, -0.15) is 0 Å². The van der Waals surface area contributed by atoms with Gasteiger partial charge < -0.3 is 4.74 Å². The average molecular weight is 126 g/mol. The van der Waals surface area contributed by atoms with Gasteiger partial charge in [-0.05, 0) is 25.2 Å². The van der Waals surface area contributed by atoms with Gasteiger partial charge in [-0.3, -0.25) is 4.79 Å². The van der Waals surface area contributed by atoms with Crippen molar-refractivity contribution in [1.82, 2.24) is 0 Å². The zero-order chi connectivity index (χ0) is 6.27. The fourth-order valence-electron chi connectivity index (χ4n) is 1.76. The van der Waals surface area contributed by atoms with E-state index in [-0.39, 0.29) is 11.9 Å². The van der Waals surface area contributed by atoms with Gasteiger partial charge in [-0.15, -0.1) is 0 Å². The first-order valence-corrected chi connectivity index (χ1v) is 3.53. The van der Waals surface area contributed by atoms with Crippen molar-refractivity contribution in [3.05, 3.63) is 0 Å². The maximum Gasteiger partial charge on any atom is 0.308 e. The van der Waals surface area contributed by atoms with Crippen LogP contribution in [0.1, 0.15) is 19.3 Å². The summed E-state index contributed by atoms with van der Waals surface area (Å²) in [6.07, 6.45) is 3.37. The summed E-state index contributed by atoms with van der Waals surface area (Å²) in [5, 5.41) is 0. The van der Waals surface area contributed by atoms with Crippen molar-refractivity contribution < 1.29 is 9.53 Å². The molecule has 0 amide bonds. The Morgan fingerprint density at radius 3 is 3.11 bits per heavy atom. The summed E-state index contributed by atoms with van der Waals surface area (Å²) in [6, 6.07) is 0. The highest BCUT2D eigenvalue weighted by atomic mass is 16.5. The standard InChI is InChI=1S/C7H10O2/c8-7-6-2-1-5(3-6)4-9-7/h5-6H,1-4H2/t5-,6+/m0/s1. The van der Waals surface area contributed by atoms with E-state index in [0.29, 0.717) is 12.5 Å². The Hall–Kier alpha value is -0.530. The summed E-state index contributed by atoms with van der Waals surface area (Å²) in [5.74, 6) is 1.01. The number of ether oxygens (including phenoxy) is 1. The number of hydrogen-bond acceptors (Lipinski definition) is 2. The fraction of sp³-hybridized carbons (Fsp3) is 0.857. The van der Waals surface area contributed by atoms with Crippen LogP contribution in [0.3, 0.4) is 0 Å². The Balaban J connectivity index is 2.14. The zero-order valence-electron chi connectivity index (χ0n) is 5.30. The van der Waals surface area contributed by atoms with Gasteiger partial charge in [0.25, 0.3) is 0 Å². The van der Waals surface area contributed by atoms with E-state index in [9.17, 15) is 4.79 Å². The molecule has 2 heteroatoms. The summed E-state index contributed by atoms with van der Waals surface area (Å²) < 4.78 is 4.93. The van der Waals surface area contributed by atoms with Crippen molar-refractivity contribution in [3.63, 3.8) is 0 Å². The Kier molecular flexibility index (Phi) is 1.01. The second-order valence-corrected chi connectivity index (χ2v) is 3.01. The molecule has 0 unspecified atom stereocenters.